The molecule has 196 valence electrons. The van der Waals surface area contributed by atoms with Crippen molar-refractivity contribution in [1.29, 1.82) is 0 Å². The molecular weight excluding hydrogens is 513 g/mol. The molecule has 1 aliphatic heterocycles. The first kappa shape index (κ1) is 30.8. The fourth-order valence-electron chi connectivity index (χ4n) is 8.98. The topological polar surface area (TPSA) is 0 Å². The van der Waals surface area contributed by atoms with Gasteiger partial charge in [-0.05, 0) is 0 Å². The van der Waals surface area contributed by atoms with Gasteiger partial charge in [0.25, 0.3) is 0 Å². The molecule has 0 unspecified atom stereocenters. The van der Waals surface area contributed by atoms with Crippen LogP contribution in [0.1, 0.15) is 99.8 Å². The molecule has 0 radical (unpaired) electrons. The second kappa shape index (κ2) is 11.5. The monoisotopic (exact) mass is 570 g/mol. The van der Waals surface area contributed by atoms with E-state index in [1.165, 1.54) is 5.56 Å². The third-order valence-corrected chi connectivity index (χ3v) is 37.0. The summed E-state index contributed by atoms with van der Waals surface area (Å²) >= 11 is -1.99. The van der Waals surface area contributed by atoms with Gasteiger partial charge in [-0.15, -0.1) is 0 Å². The van der Waals surface area contributed by atoms with E-state index in [9.17, 15) is 0 Å². The molecule has 35 heavy (non-hydrogen) atoms. The van der Waals surface area contributed by atoms with Gasteiger partial charge in [0.15, 0.2) is 0 Å². The first-order valence-electron chi connectivity index (χ1n) is 14.3. The molecule has 0 N–H and O–H groups in total. The van der Waals surface area contributed by atoms with Crippen LogP contribution >= 0.6 is 0 Å². The Morgan fingerprint density at radius 1 is 0.571 bits per heavy atom. The van der Waals surface area contributed by atoms with Crippen LogP contribution in [0.15, 0.2) is 34.4 Å². The average Bonchev–Trinajstić information content (AvgIpc) is 2.67. The second-order valence-corrected chi connectivity index (χ2v) is 32.0. The van der Waals surface area contributed by atoms with Crippen LogP contribution in [0.2, 0.25) is 33.2 Å². The van der Waals surface area contributed by atoms with Crippen LogP contribution in [0.5, 0.6) is 0 Å². The molecule has 1 aromatic rings. The van der Waals surface area contributed by atoms with Gasteiger partial charge in [0, 0.05) is 0 Å². The van der Waals surface area contributed by atoms with Gasteiger partial charge in [0.2, 0.25) is 0 Å². The van der Waals surface area contributed by atoms with Crippen LogP contribution < -0.4 is 4.40 Å². The van der Waals surface area contributed by atoms with Crippen molar-refractivity contribution < 1.29 is 0 Å². The Balaban J connectivity index is 3.25. The molecular formula is C32H56GeSi2. The molecule has 3 heteroatoms. The van der Waals surface area contributed by atoms with E-state index in [0.717, 1.165) is 33.2 Å². The molecule has 0 bridgehead atoms. The maximum atomic E-state index is 2.68. The summed E-state index contributed by atoms with van der Waals surface area (Å²) < 4.78 is 5.77. The molecule has 0 spiro atoms. The molecule has 0 fully saturated rings. The van der Waals surface area contributed by atoms with E-state index in [1.54, 1.807) is 15.5 Å². The summed E-state index contributed by atoms with van der Waals surface area (Å²) in [6.07, 6.45) is 7.89. The van der Waals surface area contributed by atoms with Crippen LogP contribution in [0, 0.1) is 20.8 Å². The van der Waals surface area contributed by atoms with E-state index in [0.29, 0.717) is 0 Å². The zero-order chi connectivity index (χ0) is 27.0. The molecule has 2 rings (SSSR count). The van der Waals surface area contributed by atoms with Crippen LogP contribution in [0.3, 0.4) is 0 Å². The molecule has 1 aliphatic rings. The van der Waals surface area contributed by atoms with Gasteiger partial charge < -0.3 is 0 Å². The van der Waals surface area contributed by atoms with Crippen molar-refractivity contribution in [3.63, 3.8) is 0 Å². The predicted octanol–water partition coefficient (Wildman–Crippen LogP) is 9.54. The van der Waals surface area contributed by atoms with Gasteiger partial charge in [-0.25, -0.2) is 0 Å². The average molecular weight is 570 g/mol. The number of allylic oxidation sites excluding steroid dienone is 3. The normalized spacial score (nSPS) is 15.6. The Hall–Kier alpha value is -0.453. The molecule has 0 saturated carbocycles. The summed E-state index contributed by atoms with van der Waals surface area (Å²) in [7, 11) is -3.54. The van der Waals surface area contributed by atoms with Gasteiger partial charge >= 0.3 is 227 Å². The first-order chi connectivity index (χ1) is 16.1. The SMILES string of the molecule is Cc1cc(C)[c]([Ge]2=[C]([Si](C(C)C)(C(C)C)C(C)C)C=CC=[C]2[Si](C(C)C)(C(C)C)C(C)C)c(C)c1. The van der Waals surface area contributed by atoms with Crippen molar-refractivity contribution in [3.05, 3.63) is 51.1 Å². The van der Waals surface area contributed by atoms with Gasteiger partial charge in [-0.3, -0.25) is 0 Å². The maximum absolute atomic E-state index is 2.68. The quantitative estimate of drug-likeness (QED) is 0.260. The van der Waals surface area contributed by atoms with Crippen molar-refractivity contribution in [3.8, 4) is 0 Å². The summed E-state index contributed by atoms with van der Waals surface area (Å²) in [5.74, 6) is 0. The molecule has 1 heterocycles. The first-order valence-corrected chi connectivity index (χ1v) is 21.9. The van der Waals surface area contributed by atoms with E-state index in [-0.39, 0.29) is 0 Å². The van der Waals surface area contributed by atoms with E-state index < -0.39 is 30.1 Å². The van der Waals surface area contributed by atoms with Gasteiger partial charge in [-0.1, -0.05) is 0 Å². The van der Waals surface area contributed by atoms with E-state index in [4.69, 9.17) is 0 Å². The van der Waals surface area contributed by atoms with Crippen molar-refractivity contribution >= 4 is 38.4 Å². The summed E-state index contributed by atoms with van der Waals surface area (Å²) in [6, 6.07) is 4.98. The minimum atomic E-state index is -1.99. The predicted molar refractivity (Wildman–Crippen MR) is 170 cm³/mol. The summed E-state index contributed by atoms with van der Waals surface area (Å²) in [4.78, 5) is 0. The van der Waals surface area contributed by atoms with Crippen LogP contribution in [0.25, 0.3) is 0 Å². The third kappa shape index (κ3) is 5.02. The Kier molecular flexibility index (Phi) is 10.1. The standard InChI is InChI=1S/C32H56GeSi2/c1-21(2)34(22(3)4,23(5)6)30-17-16-18-31(35(24(7)8,25(9)10)26(11)12)33(30)32-28(14)19-27(13)20-29(32)15/h16-26H,1-15H3. The van der Waals surface area contributed by atoms with Crippen molar-refractivity contribution in [2.45, 2.75) is 137 Å². The Morgan fingerprint density at radius 2 is 0.943 bits per heavy atom. The molecule has 0 saturated heterocycles. The number of aryl methyl sites for hydroxylation is 3. The fraction of sp³-hybridized carbons (Fsp3) is 0.656. The van der Waals surface area contributed by atoms with Gasteiger partial charge in [0.05, 0.1) is 0 Å². The molecule has 0 aromatic heterocycles. The van der Waals surface area contributed by atoms with Gasteiger partial charge in [-0.2, -0.15) is 0 Å². The second-order valence-electron chi connectivity index (χ2n) is 13.3. The van der Waals surface area contributed by atoms with Gasteiger partial charge in [0.1, 0.15) is 0 Å². The minimum absolute atomic E-state index is 0.753. The zero-order valence-corrected chi connectivity index (χ0v) is 29.9. The van der Waals surface area contributed by atoms with Crippen LogP contribution in [-0.4, -0.2) is 34.0 Å². The molecule has 0 nitrogen and oxygen atoms in total. The number of hydrogen-bond acceptors (Lipinski definition) is 0. The van der Waals surface area contributed by atoms with Crippen LogP contribution in [0.4, 0.5) is 0 Å². The number of benzene rings is 1. The Labute approximate surface area is 225 Å². The van der Waals surface area contributed by atoms with E-state index in [1.807, 2.05) is 8.00 Å². The Morgan fingerprint density at radius 3 is 1.29 bits per heavy atom. The summed E-state index contributed by atoms with van der Waals surface area (Å²) in [5.41, 5.74) is 9.06. The fourth-order valence-corrected chi connectivity index (χ4v) is 46.9. The molecule has 0 atom stereocenters. The van der Waals surface area contributed by atoms with Crippen LogP contribution in [-0.2, 0) is 0 Å². The van der Waals surface area contributed by atoms with Crippen molar-refractivity contribution in [1.82, 2.24) is 0 Å². The molecule has 0 amide bonds. The number of hydrogen-bond donors (Lipinski definition) is 0. The summed E-state index contributed by atoms with van der Waals surface area (Å²) in [6.45, 7) is 37.9. The molecule has 0 aliphatic carbocycles. The van der Waals surface area contributed by atoms with Crippen molar-refractivity contribution in [2.75, 3.05) is 0 Å². The molecule has 1 aromatic carbocycles. The zero-order valence-electron chi connectivity index (χ0n) is 25.9. The number of rotatable bonds is 9. The van der Waals surface area contributed by atoms with E-state index in [2.05, 4.69) is 134 Å². The third-order valence-electron chi connectivity index (χ3n) is 9.66. The summed E-state index contributed by atoms with van der Waals surface area (Å²) in [5, 5.41) is 0. The van der Waals surface area contributed by atoms with Crippen molar-refractivity contribution in [2.24, 2.45) is 0 Å². The Bertz CT molecular complexity index is 936. The van der Waals surface area contributed by atoms with E-state index >= 15 is 0 Å².